The van der Waals surface area contributed by atoms with Crippen molar-refractivity contribution in [2.45, 2.75) is 45.3 Å². The van der Waals surface area contributed by atoms with E-state index in [1.807, 2.05) is 30.0 Å². The van der Waals surface area contributed by atoms with E-state index in [-0.39, 0.29) is 11.9 Å². The molecule has 1 aliphatic heterocycles. The van der Waals surface area contributed by atoms with Crippen LogP contribution in [0.2, 0.25) is 0 Å². The number of aromatic nitrogens is 2. The summed E-state index contributed by atoms with van der Waals surface area (Å²) in [5.41, 5.74) is 4.05. The third-order valence-electron chi connectivity index (χ3n) is 5.99. The molecule has 1 aromatic carbocycles. The molecule has 3 aromatic heterocycles. The summed E-state index contributed by atoms with van der Waals surface area (Å²) >= 11 is 1.45. The molecule has 1 saturated heterocycles. The number of pyridine rings is 1. The summed E-state index contributed by atoms with van der Waals surface area (Å²) in [5.74, 6) is -0.0252. The molecule has 0 spiro atoms. The van der Waals surface area contributed by atoms with E-state index in [0.717, 1.165) is 51.0 Å². The number of carbonyl (C=O) groups is 1. The summed E-state index contributed by atoms with van der Waals surface area (Å²) in [7, 11) is 0. The van der Waals surface area contributed by atoms with Crippen LogP contribution in [-0.4, -0.2) is 44.1 Å². The van der Waals surface area contributed by atoms with Gasteiger partial charge in [0, 0.05) is 35.0 Å². The third kappa shape index (κ3) is 3.68. The molecule has 0 radical (unpaired) electrons. The predicted molar refractivity (Wildman–Crippen MR) is 126 cm³/mol. The lowest BCUT2D eigenvalue weighted by Crippen LogP contribution is -2.48. The summed E-state index contributed by atoms with van der Waals surface area (Å²) < 4.78 is 0.954. The molecule has 5 rings (SSSR count). The lowest BCUT2D eigenvalue weighted by molar-refractivity contribution is 0.000524. The van der Waals surface area contributed by atoms with Crippen LogP contribution in [0, 0.1) is 6.92 Å². The van der Waals surface area contributed by atoms with Crippen LogP contribution in [0.4, 0.5) is 11.4 Å². The number of thiophene rings is 1. The zero-order valence-corrected chi connectivity index (χ0v) is 18.7. The minimum absolute atomic E-state index is 0.0252. The SMILES string of the molecule is Cc1cc2cc(Nc3ccnc4cc(C(=O)N5CCC[C@@H]5C(C)(C)O)sc34)ccc2[nH]1. The van der Waals surface area contributed by atoms with E-state index >= 15 is 0 Å². The molecule has 1 aliphatic rings. The summed E-state index contributed by atoms with van der Waals surface area (Å²) in [6.07, 6.45) is 3.50. The maximum absolute atomic E-state index is 13.3. The fourth-order valence-electron chi connectivity index (χ4n) is 4.54. The van der Waals surface area contributed by atoms with Crippen LogP contribution >= 0.6 is 11.3 Å². The molecule has 4 heterocycles. The average Bonchev–Trinajstić information content (AvgIpc) is 3.44. The van der Waals surface area contributed by atoms with Gasteiger partial charge in [0.1, 0.15) is 0 Å². The number of nitrogens with one attached hydrogen (secondary N) is 2. The monoisotopic (exact) mass is 434 g/mol. The highest BCUT2D eigenvalue weighted by atomic mass is 32.1. The number of aliphatic hydroxyl groups is 1. The molecule has 0 aliphatic carbocycles. The van der Waals surface area contributed by atoms with Crippen molar-refractivity contribution < 1.29 is 9.90 Å². The van der Waals surface area contributed by atoms with Gasteiger partial charge in [-0.3, -0.25) is 9.78 Å². The highest BCUT2D eigenvalue weighted by molar-refractivity contribution is 7.21. The van der Waals surface area contributed by atoms with E-state index < -0.39 is 5.60 Å². The third-order valence-corrected chi connectivity index (χ3v) is 7.13. The van der Waals surface area contributed by atoms with Crippen molar-refractivity contribution in [1.29, 1.82) is 0 Å². The number of likely N-dealkylation sites (tertiary alicyclic amines) is 1. The number of amides is 1. The number of nitrogens with zero attached hydrogens (tertiary/aromatic N) is 2. The van der Waals surface area contributed by atoms with E-state index in [4.69, 9.17) is 0 Å². The molecule has 7 heteroatoms. The van der Waals surface area contributed by atoms with Gasteiger partial charge < -0.3 is 20.3 Å². The predicted octanol–water partition coefficient (Wildman–Crippen LogP) is 5.21. The molecular formula is C24H26N4O2S. The molecule has 31 heavy (non-hydrogen) atoms. The number of aryl methyl sites for hydroxylation is 1. The molecular weight excluding hydrogens is 408 g/mol. The summed E-state index contributed by atoms with van der Waals surface area (Å²) in [6.45, 7) is 6.28. The Hall–Kier alpha value is -2.90. The first-order valence-corrected chi connectivity index (χ1v) is 11.4. The Kier molecular flexibility index (Phi) is 4.75. The lowest BCUT2D eigenvalue weighted by Gasteiger charge is -2.33. The molecule has 0 bridgehead atoms. The number of rotatable bonds is 4. The number of aromatic amines is 1. The Labute approximate surface area is 184 Å². The van der Waals surface area contributed by atoms with Gasteiger partial charge in [0.25, 0.3) is 5.91 Å². The van der Waals surface area contributed by atoms with Crippen molar-refractivity contribution in [3.63, 3.8) is 0 Å². The van der Waals surface area contributed by atoms with Gasteiger partial charge in [0.2, 0.25) is 0 Å². The van der Waals surface area contributed by atoms with Crippen molar-refractivity contribution in [2.24, 2.45) is 0 Å². The van der Waals surface area contributed by atoms with Gasteiger partial charge in [-0.2, -0.15) is 0 Å². The van der Waals surface area contributed by atoms with Crippen molar-refractivity contribution in [1.82, 2.24) is 14.9 Å². The maximum Gasteiger partial charge on any atom is 0.264 e. The van der Waals surface area contributed by atoms with Gasteiger partial charge in [0.15, 0.2) is 0 Å². The van der Waals surface area contributed by atoms with Crippen LogP contribution < -0.4 is 5.32 Å². The molecule has 160 valence electrons. The Balaban J connectivity index is 1.46. The number of hydrogen-bond acceptors (Lipinski definition) is 5. The Morgan fingerprint density at radius 1 is 1.29 bits per heavy atom. The highest BCUT2D eigenvalue weighted by Crippen LogP contribution is 2.35. The van der Waals surface area contributed by atoms with Gasteiger partial charge in [-0.1, -0.05) is 0 Å². The summed E-state index contributed by atoms with van der Waals surface area (Å²) in [4.78, 5) is 23.6. The van der Waals surface area contributed by atoms with Crippen molar-refractivity contribution in [3.05, 3.63) is 53.2 Å². The number of benzene rings is 1. The Morgan fingerprint density at radius 3 is 2.94 bits per heavy atom. The average molecular weight is 435 g/mol. The van der Waals surface area contributed by atoms with Crippen molar-refractivity contribution >= 4 is 49.7 Å². The van der Waals surface area contributed by atoms with Crippen LogP contribution in [-0.2, 0) is 0 Å². The van der Waals surface area contributed by atoms with E-state index in [9.17, 15) is 9.90 Å². The molecule has 1 fully saturated rings. The maximum atomic E-state index is 13.3. The quantitative estimate of drug-likeness (QED) is 0.412. The van der Waals surface area contributed by atoms with Crippen LogP contribution in [0.25, 0.3) is 21.1 Å². The molecule has 1 amide bonds. The molecule has 4 aromatic rings. The van der Waals surface area contributed by atoms with Crippen LogP contribution in [0.5, 0.6) is 0 Å². The molecule has 0 saturated carbocycles. The highest BCUT2D eigenvalue weighted by Gasteiger charge is 2.39. The fourth-order valence-corrected chi connectivity index (χ4v) is 5.58. The second-order valence-electron chi connectivity index (χ2n) is 8.87. The minimum atomic E-state index is -0.914. The summed E-state index contributed by atoms with van der Waals surface area (Å²) in [5, 5.41) is 15.1. The first-order chi connectivity index (χ1) is 14.8. The van der Waals surface area contributed by atoms with Crippen molar-refractivity contribution in [2.75, 3.05) is 11.9 Å². The van der Waals surface area contributed by atoms with Crippen LogP contribution in [0.3, 0.4) is 0 Å². The van der Waals surface area contributed by atoms with Crippen molar-refractivity contribution in [3.8, 4) is 0 Å². The normalized spacial score (nSPS) is 17.0. The number of anilines is 2. The van der Waals surface area contributed by atoms with Crippen LogP contribution in [0.15, 0.2) is 42.6 Å². The fraction of sp³-hybridized carbons (Fsp3) is 0.333. The number of H-pyrrole nitrogens is 1. The van der Waals surface area contributed by atoms with Crippen LogP contribution in [0.1, 0.15) is 42.1 Å². The smallest absolute Gasteiger partial charge is 0.264 e. The van der Waals surface area contributed by atoms with Gasteiger partial charge in [-0.05, 0) is 70.0 Å². The first kappa shape index (κ1) is 20.0. The summed E-state index contributed by atoms with van der Waals surface area (Å²) in [6, 6.07) is 12.0. The molecule has 1 atom stereocenters. The van der Waals surface area contributed by atoms with E-state index in [1.165, 1.54) is 11.3 Å². The first-order valence-electron chi connectivity index (χ1n) is 10.6. The van der Waals surface area contributed by atoms with Gasteiger partial charge >= 0.3 is 0 Å². The second-order valence-corrected chi connectivity index (χ2v) is 9.93. The Morgan fingerprint density at radius 2 is 2.13 bits per heavy atom. The standard InChI is InChI=1S/C24H26N4O2S/c1-14-11-15-12-16(6-7-17(15)26-14)27-18-8-9-25-19-13-20(31-22(18)19)23(29)28-10-4-5-21(28)24(2,3)30/h6-9,11-13,21,26,30H,4-5,10H2,1-3H3,(H,25,27)/t21-/m1/s1. The zero-order valence-electron chi connectivity index (χ0n) is 17.9. The lowest BCUT2D eigenvalue weighted by atomic mass is 9.96. The van der Waals surface area contributed by atoms with Gasteiger partial charge in [0.05, 0.1) is 32.4 Å². The largest absolute Gasteiger partial charge is 0.388 e. The van der Waals surface area contributed by atoms with Gasteiger partial charge in [-0.25, -0.2) is 0 Å². The molecule has 6 nitrogen and oxygen atoms in total. The number of hydrogen-bond donors (Lipinski definition) is 3. The zero-order chi connectivity index (χ0) is 21.8. The van der Waals surface area contributed by atoms with E-state index in [0.29, 0.717) is 11.4 Å². The minimum Gasteiger partial charge on any atom is -0.388 e. The van der Waals surface area contributed by atoms with Gasteiger partial charge in [-0.15, -0.1) is 11.3 Å². The van der Waals surface area contributed by atoms with E-state index in [1.54, 1.807) is 20.0 Å². The molecule has 0 unspecified atom stereocenters. The molecule has 3 N–H and O–H groups in total. The second kappa shape index (κ2) is 7.35. The Bertz CT molecular complexity index is 1280. The number of carbonyl (C=O) groups excluding carboxylic acids is 1. The number of fused-ring (bicyclic) bond motifs is 2. The van der Waals surface area contributed by atoms with E-state index in [2.05, 4.69) is 33.5 Å². The topological polar surface area (TPSA) is 81.2 Å².